The average Bonchev–Trinajstić information content (AvgIpc) is 2.98. The van der Waals surface area contributed by atoms with Crippen molar-refractivity contribution >= 4 is 22.2 Å². The van der Waals surface area contributed by atoms with Gasteiger partial charge in [-0.25, -0.2) is 0 Å². The Morgan fingerprint density at radius 1 is 1.56 bits per heavy atom. The monoisotopic (exact) mass is 268 g/mol. The van der Waals surface area contributed by atoms with Crippen molar-refractivity contribution in [2.45, 2.75) is 26.2 Å². The van der Waals surface area contributed by atoms with Crippen molar-refractivity contribution in [1.29, 1.82) is 0 Å². The quantitative estimate of drug-likeness (QED) is 0.911. The summed E-state index contributed by atoms with van der Waals surface area (Å²) in [5.74, 6) is 0.383. The summed E-state index contributed by atoms with van der Waals surface area (Å²) >= 11 is 1.46. The van der Waals surface area contributed by atoms with E-state index in [1.165, 1.54) is 11.3 Å². The van der Waals surface area contributed by atoms with E-state index in [1.807, 2.05) is 24.1 Å². The summed E-state index contributed by atoms with van der Waals surface area (Å²) in [6.07, 6.45) is 0.981. The van der Waals surface area contributed by atoms with Crippen LogP contribution in [0.5, 0.6) is 0 Å². The maximum atomic E-state index is 12.5. The van der Waals surface area contributed by atoms with E-state index in [0.717, 1.165) is 18.6 Å². The molecule has 1 aliphatic heterocycles. The van der Waals surface area contributed by atoms with Gasteiger partial charge in [0.15, 0.2) is 0 Å². The topological polar surface area (TPSA) is 55.6 Å². The molecule has 0 radical (unpaired) electrons. The largest absolute Gasteiger partial charge is 0.390 e. The van der Waals surface area contributed by atoms with Gasteiger partial charge < -0.3 is 15.4 Å². The average molecular weight is 268 g/mol. The first kappa shape index (κ1) is 13.4. The summed E-state index contributed by atoms with van der Waals surface area (Å²) in [5, 5.41) is 2.65. The predicted octanol–water partition coefficient (Wildman–Crippen LogP) is 2.32. The number of nitrogens with zero attached hydrogens (tertiary/aromatic N) is 1. The molecule has 2 N–H and O–H groups in total. The molecule has 0 bridgehead atoms. The molecular formula is C13H20N2O2S. The molecule has 1 amide bonds. The number of amides is 1. The fourth-order valence-corrected chi connectivity index (χ4v) is 3.25. The van der Waals surface area contributed by atoms with Gasteiger partial charge in [-0.3, -0.25) is 4.79 Å². The van der Waals surface area contributed by atoms with Gasteiger partial charge in [0, 0.05) is 25.6 Å². The molecule has 18 heavy (non-hydrogen) atoms. The second kappa shape index (κ2) is 5.71. The van der Waals surface area contributed by atoms with Gasteiger partial charge in [-0.1, -0.05) is 0 Å². The first-order valence-electron chi connectivity index (χ1n) is 6.42. The van der Waals surface area contributed by atoms with Crippen molar-refractivity contribution in [3.05, 3.63) is 16.5 Å². The lowest BCUT2D eigenvalue weighted by Crippen LogP contribution is -2.31. The van der Waals surface area contributed by atoms with Crippen molar-refractivity contribution < 1.29 is 9.53 Å². The third kappa shape index (κ3) is 2.37. The minimum absolute atomic E-state index is 0.0562. The molecule has 0 spiro atoms. The highest BCUT2D eigenvalue weighted by atomic mass is 32.1. The molecule has 100 valence electrons. The fourth-order valence-electron chi connectivity index (χ4n) is 2.37. The van der Waals surface area contributed by atoms with Gasteiger partial charge >= 0.3 is 0 Å². The molecule has 2 rings (SSSR count). The maximum Gasteiger partial charge on any atom is 0.257 e. The van der Waals surface area contributed by atoms with Crippen LogP contribution in [0.3, 0.4) is 0 Å². The van der Waals surface area contributed by atoms with Gasteiger partial charge in [0.1, 0.15) is 0 Å². The van der Waals surface area contributed by atoms with E-state index in [-0.39, 0.29) is 5.91 Å². The number of carbonyl (C=O) groups excluding carboxylic acids is 1. The predicted molar refractivity (Wildman–Crippen MR) is 74.2 cm³/mol. The summed E-state index contributed by atoms with van der Waals surface area (Å²) in [6.45, 7) is 6.88. The zero-order valence-electron chi connectivity index (χ0n) is 10.9. The summed E-state index contributed by atoms with van der Waals surface area (Å²) < 4.78 is 5.41. The van der Waals surface area contributed by atoms with E-state index in [0.29, 0.717) is 36.2 Å². The lowest BCUT2D eigenvalue weighted by atomic mass is 9.96. The maximum absolute atomic E-state index is 12.5. The van der Waals surface area contributed by atoms with Crippen molar-refractivity contribution in [2.75, 3.05) is 32.0 Å². The van der Waals surface area contributed by atoms with Crippen molar-refractivity contribution in [3.63, 3.8) is 0 Å². The highest BCUT2D eigenvalue weighted by Crippen LogP contribution is 2.35. The second-order valence-electron chi connectivity index (χ2n) is 4.47. The van der Waals surface area contributed by atoms with Gasteiger partial charge in [0.05, 0.1) is 17.2 Å². The zero-order chi connectivity index (χ0) is 13.1. The normalized spacial score (nSPS) is 19.1. The Balaban J connectivity index is 2.31. The second-order valence-corrected chi connectivity index (χ2v) is 5.38. The number of ether oxygens (including phenoxy) is 1. The minimum atomic E-state index is 0.0562. The number of hydrogen-bond donors (Lipinski definition) is 1. The van der Waals surface area contributed by atoms with Gasteiger partial charge in [-0.05, 0) is 31.2 Å². The Kier molecular flexibility index (Phi) is 4.24. The molecule has 4 nitrogen and oxygen atoms in total. The molecule has 1 atom stereocenters. The molecule has 1 aromatic rings. The fraction of sp³-hybridized carbons (Fsp3) is 0.615. The van der Waals surface area contributed by atoms with Crippen LogP contribution in [0.4, 0.5) is 5.00 Å². The Morgan fingerprint density at radius 2 is 2.28 bits per heavy atom. The van der Waals surface area contributed by atoms with Gasteiger partial charge in [0.25, 0.3) is 5.91 Å². The lowest BCUT2D eigenvalue weighted by molar-refractivity contribution is 0.0773. The first-order valence-corrected chi connectivity index (χ1v) is 7.30. The zero-order valence-corrected chi connectivity index (χ0v) is 11.8. The highest BCUT2D eigenvalue weighted by molar-refractivity contribution is 7.14. The Labute approximate surface area is 112 Å². The van der Waals surface area contributed by atoms with Crippen LogP contribution in [0.2, 0.25) is 0 Å². The molecule has 0 aromatic carbocycles. The van der Waals surface area contributed by atoms with E-state index in [4.69, 9.17) is 10.5 Å². The van der Waals surface area contributed by atoms with Crippen molar-refractivity contribution in [2.24, 2.45) is 0 Å². The third-order valence-corrected chi connectivity index (χ3v) is 4.31. The van der Waals surface area contributed by atoms with E-state index >= 15 is 0 Å². The summed E-state index contributed by atoms with van der Waals surface area (Å²) in [5.41, 5.74) is 7.77. The lowest BCUT2D eigenvalue weighted by Gasteiger charge is -2.20. The summed E-state index contributed by atoms with van der Waals surface area (Å²) in [7, 11) is 0. The van der Waals surface area contributed by atoms with E-state index in [9.17, 15) is 4.79 Å². The Hall–Kier alpha value is -1.07. The number of rotatable bonds is 4. The molecule has 1 saturated heterocycles. The van der Waals surface area contributed by atoms with Crippen LogP contribution >= 0.6 is 11.3 Å². The van der Waals surface area contributed by atoms with Crippen LogP contribution in [0, 0.1) is 0 Å². The summed E-state index contributed by atoms with van der Waals surface area (Å²) in [6, 6.07) is 0. The molecule has 2 heterocycles. The van der Waals surface area contributed by atoms with E-state index < -0.39 is 0 Å². The Bertz CT molecular complexity index is 421. The molecule has 5 heteroatoms. The minimum Gasteiger partial charge on any atom is -0.390 e. The molecule has 1 fully saturated rings. The van der Waals surface area contributed by atoms with Crippen LogP contribution in [-0.4, -0.2) is 37.1 Å². The van der Waals surface area contributed by atoms with Gasteiger partial charge in [0.2, 0.25) is 0 Å². The van der Waals surface area contributed by atoms with Crippen LogP contribution in [-0.2, 0) is 4.74 Å². The molecule has 1 unspecified atom stereocenters. The SMILES string of the molecule is CCN(CC)C(=O)c1c(C2CCOC2)csc1N. The molecule has 1 aliphatic rings. The number of thiophene rings is 1. The smallest absolute Gasteiger partial charge is 0.257 e. The van der Waals surface area contributed by atoms with Crippen LogP contribution < -0.4 is 5.73 Å². The van der Waals surface area contributed by atoms with E-state index in [2.05, 4.69) is 0 Å². The number of hydrogen-bond acceptors (Lipinski definition) is 4. The van der Waals surface area contributed by atoms with Crippen molar-refractivity contribution in [3.8, 4) is 0 Å². The van der Waals surface area contributed by atoms with Crippen LogP contribution in [0.25, 0.3) is 0 Å². The Morgan fingerprint density at radius 3 is 2.83 bits per heavy atom. The number of nitrogens with two attached hydrogens (primary N) is 1. The molecular weight excluding hydrogens is 248 g/mol. The van der Waals surface area contributed by atoms with E-state index in [1.54, 1.807) is 0 Å². The molecule has 1 aromatic heterocycles. The highest BCUT2D eigenvalue weighted by Gasteiger charge is 2.28. The standard InChI is InChI=1S/C13H20N2O2S/c1-3-15(4-2)13(16)11-10(8-18-12(11)14)9-5-6-17-7-9/h8-9H,3-7,14H2,1-2H3. The third-order valence-electron chi connectivity index (χ3n) is 3.48. The van der Waals surface area contributed by atoms with Gasteiger partial charge in [-0.2, -0.15) is 0 Å². The van der Waals surface area contributed by atoms with Crippen LogP contribution in [0.15, 0.2) is 5.38 Å². The number of nitrogen functional groups attached to an aromatic ring is 1. The summed E-state index contributed by atoms with van der Waals surface area (Å²) in [4.78, 5) is 14.3. The van der Waals surface area contributed by atoms with Crippen molar-refractivity contribution in [1.82, 2.24) is 4.90 Å². The molecule has 0 aliphatic carbocycles. The first-order chi connectivity index (χ1) is 8.69. The van der Waals surface area contributed by atoms with Gasteiger partial charge in [-0.15, -0.1) is 11.3 Å². The molecule has 0 saturated carbocycles. The van der Waals surface area contributed by atoms with Crippen LogP contribution in [0.1, 0.15) is 42.1 Å². The number of carbonyl (C=O) groups is 1. The number of anilines is 1.